The summed E-state index contributed by atoms with van der Waals surface area (Å²) in [6.07, 6.45) is -0.454. The number of unbranched alkanes of at least 4 members (excludes halogenated alkanes) is 2. The molecular formula is C77H119N11O17. The average molecular weight is 1470 g/mol. The van der Waals surface area contributed by atoms with Crippen LogP contribution in [0.15, 0.2) is 66.7 Å². The minimum Gasteiger partial charge on any atom is -0.388 e. The maximum Gasteiger partial charge on any atom is 0.312 e. The molecule has 28 nitrogen and oxygen atoms in total. The van der Waals surface area contributed by atoms with Gasteiger partial charge in [0.1, 0.15) is 24.4 Å². The van der Waals surface area contributed by atoms with Crippen LogP contribution in [0.25, 0.3) is 0 Å². The molecule has 6 unspecified atom stereocenters. The predicted molar refractivity (Wildman–Crippen MR) is 395 cm³/mol. The maximum absolute atomic E-state index is 14.7. The number of amides is 11. The lowest BCUT2D eigenvalue weighted by molar-refractivity contribution is -0.148. The van der Waals surface area contributed by atoms with E-state index in [1.54, 1.807) is 61.9 Å². The molecule has 0 bridgehead atoms. The van der Waals surface area contributed by atoms with Crippen LogP contribution in [-0.2, 0) is 79.8 Å². The second-order valence-corrected chi connectivity index (χ2v) is 29.6. The number of ketones is 2. The summed E-state index contributed by atoms with van der Waals surface area (Å²) in [5.41, 5.74) is 7.39. The molecule has 2 saturated heterocycles. The van der Waals surface area contributed by atoms with Crippen molar-refractivity contribution in [2.45, 2.75) is 232 Å². The third kappa shape index (κ3) is 25.9. The van der Waals surface area contributed by atoms with Crippen LogP contribution < -0.4 is 37.6 Å². The molecule has 3 heterocycles. The molecule has 0 radical (unpaired) electrons. The highest BCUT2D eigenvalue weighted by Gasteiger charge is 2.48. The first kappa shape index (κ1) is 87.6. The van der Waals surface area contributed by atoms with Crippen molar-refractivity contribution in [3.63, 3.8) is 0 Å². The van der Waals surface area contributed by atoms with Gasteiger partial charge in [-0.25, -0.2) is 4.79 Å². The predicted octanol–water partition coefficient (Wildman–Crippen LogP) is 4.15. The topological polar surface area (TPSA) is 384 Å². The second-order valence-electron chi connectivity index (χ2n) is 29.6. The lowest BCUT2D eigenvalue weighted by Crippen LogP contribution is -2.59. The fourth-order valence-electron chi connectivity index (χ4n) is 14.4. The Bertz CT molecular complexity index is 3230. The molecule has 105 heavy (non-hydrogen) atoms. The summed E-state index contributed by atoms with van der Waals surface area (Å²) in [5.74, 6) is -7.05. The van der Waals surface area contributed by atoms with Crippen molar-refractivity contribution in [3.8, 4) is 0 Å². The van der Waals surface area contributed by atoms with Gasteiger partial charge in [0.25, 0.3) is 17.7 Å². The van der Waals surface area contributed by atoms with Crippen LogP contribution in [0.5, 0.6) is 0 Å². The lowest BCUT2D eigenvalue weighted by Gasteiger charge is -2.41. The molecule has 15 atom stereocenters. The molecule has 584 valence electrons. The van der Waals surface area contributed by atoms with Crippen LogP contribution >= 0.6 is 0 Å². The van der Waals surface area contributed by atoms with Gasteiger partial charge in [0, 0.05) is 90.5 Å². The van der Waals surface area contributed by atoms with Crippen molar-refractivity contribution in [1.29, 1.82) is 0 Å². The van der Waals surface area contributed by atoms with E-state index in [-0.39, 0.29) is 124 Å². The van der Waals surface area contributed by atoms with Crippen LogP contribution in [0.3, 0.4) is 0 Å². The number of aliphatic hydroxyl groups is 2. The van der Waals surface area contributed by atoms with Gasteiger partial charge >= 0.3 is 6.03 Å². The monoisotopic (exact) mass is 1470 g/mol. The quantitative estimate of drug-likeness (QED) is 0.0332. The van der Waals surface area contributed by atoms with E-state index in [4.69, 9.17) is 19.9 Å². The Hall–Kier alpha value is -8.02. The summed E-state index contributed by atoms with van der Waals surface area (Å²) in [5, 5.41) is 38.5. The number of nitrogens with one attached hydrogen (secondary N) is 6. The van der Waals surface area contributed by atoms with E-state index in [9.17, 15) is 67.7 Å². The van der Waals surface area contributed by atoms with Gasteiger partial charge in [-0.2, -0.15) is 0 Å². The number of likely N-dealkylation sites (N-methyl/N-ethyl adjacent to an activating group) is 2. The Morgan fingerprint density at radius 1 is 0.695 bits per heavy atom. The second kappa shape index (κ2) is 43.0. The first-order chi connectivity index (χ1) is 49.7. The van der Waals surface area contributed by atoms with Crippen LogP contribution in [0.1, 0.15) is 157 Å². The fraction of sp³-hybridized carbons (Fsp3) is 0.662. The number of methoxy groups -OCH3 is 2. The van der Waals surface area contributed by atoms with Gasteiger partial charge < -0.3 is 71.9 Å². The number of nitrogens with two attached hydrogens (primary N) is 1. The summed E-state index contributed by atoms with van der Waals surface area (Å²) in [7, 11) is 8.41. The van der Waals surface area contributed by atoms with Crippen molar-refractivity contribution in [1.82, 2.24) is 46.2 Å². The van der Waals surface area contributed by atoms with Gasteiger partial charge in [-0.05, 0) is 119 Å². The summed E-state index contributed by atoms with van der Waals surface area (Å²) < 4.78 is 18.0. The third-order valence-electron chi connectivity index (χ3n) is 20.5. The first-order valence-electron chi connectivity index (χ1n) is 37.3. The van der Waals surface area contributed by atoms with Crippen LogP contribution in [0.2, 0.25) is 0 Å². The molecule has 3 aliphatic rings. The number of ether oxygens (including phenoxy) is 3. The first-order valence-corrected chi connectivity index (χ1v) is 37.3. The van der Waals surface area contributed by atoms with E-state index in [0.29, 0.717) is 63.6 Å². The number of aryl methyl sites for hydroxylation is 1. The Morgan fingerprint density at radius 2 is 1.35 bits per heavy atom. The number of likely N-dealkylation sites (tertiary alicyclic amines) is 1. The smallest absolute Gasteiger partial charge is 0.312 e. The number of imide groups is 1. The number of carbonyl (C=O) groups is 12. The highest BCUT2D eigenvalue weighted by Crippen LogP contribution is 2.31. The lowest BCUT2D eigenvalue weighted by atomic mass is 9.89. The normalized spacial score (nSPS) is 20.2. The van der Waals surface area contributed by atoms with E-state index in [0.717, 1.165) is 16.0 Å². The van der Waals surface area contributed by atoms with E-state index >= 15 is 0 Å². The number of rotatable bonds is 45. The Kier molecular flexibility index (Phi) is 35.8. The molecule has 2 aromatic carbocycles. The fourth-order valence-corrected chi connectivity index (χ4v) is 14.4. The van der Waals surface area contributed by atoms with Crippen LogP contribution in [0.4, 0.5) is 10.5 Å². The molecule has 0 saturated carbocycles. The summed E-state index contributed by atoms with van der Waals surface area (Å²) in [4.78, 5) is 168. The minimum absolute atomic E-state index is 0.00969. The number of benzene rings is 2. The number of aliphatic hydroxyl groups excluding tert-OH is 2. The zero-order chi connectivity index (χ0) is 77.9. The van der Waals surface area contributed by atoms with Crippen molar-refractivity contribution in [3.05, 3.63) is 77.9 Å². The van der Waals surface area contributed by atoms with Crippen molar-refractivity contribution < 1.29 is 82.0 Å². The molecule has 10 N–H and O–H groups in total. The van der Waals surface area contributed by atoms with Gasteiger partial charge in [0.2, 0.25) is 35.4 Å². The molecule has 28 heteroatoms. The van der Waals surface area contributed by atoms with Crippen LogP contribution in [-0.4, -0.2) is 235 Å². The van der Waals surface area contributed by atoms with Crippen molar-refractivity contribution >= 4 is 76.4 Å². The highest BCUT2D eigenvalue weighted by molar-refractivity contribution is 6.12. The molecule has 3 aliphatic heterocycles. The number of nitrogens with zero attached hydrogens (tertiary/aromatic N) is 4. The zero-order valence-electron chi connectivity index (χ0n) is 64.1. The summed E-state index contributed by atoms with van der Waals surface area (Å²) in [6.45, 7) is 17.3. The molecule has 2 fully saturated rings. The molecule has 5 rings (SSSR count). The number of carbonyl (C=O) groups excluding carboxylic acids is 12. The zero-order valence-corrected chi connectivity index (χ0v) is 64.1. The van der Waals surface area contributed by atoms with E-state index in [2.05, 4.69) is 31.9 Å². The minimum atomic E-state index is -1.71. The molecule has 0 spiro atoms. The van der Waals surface area contributed by atoms with Crippen molar-refractivity contribution in [2.24, 2.45) is 41.2 Å². The Balaban J connectivity index is 1.18. The molecule has 2 aromatic rings. The standard InChI is InChI=1S/C77H119N11O17/c1-15-48(8)67(86(12)76(101)65(46(4)5)84-74(99)66(47(6)7)85(10)11)58(103-13)43-63(94)87-40-24-29-55(87)70(104-14)49(9)72(97)82-54(41-51-25-18-16-19-26-51)56(89)30-22-27-50-32-34-53(35-33-50)81-73(98)52(28-23-38-79-77(78)102)42-57(90)64(45(2)3)83-75(100)71-69(96)68(95)59(105-71)44-80-60(91)31-20-17-21-39-88-61(92)36-37-62(88)93/h16,18-19,25-26,32-37,45-49,52,54-55,58-59,64-71,95-96H,15,17,20-24,27-31,38-44H2,1-14H3,(H,80,91)(H,81,98)(H,82,97)(H,83,100)(H,84,99)(H3,78,79,102)/t48-,49+,52-,54?,55-,58+,59+,64?,65?,66-,67-,68?,69?,70+,71?/m0/s1. The van der Waals surface area contributed by atoms with Gasteiger partial charge in [0.15, 0.2) is 17.7 Å². The van der Waals surface area contributed by atoms with E-state index < -0.39 is 120 Å². The third-order valence-corrected chi connectivity index (χ3v) is 20.5. The molecule has 0 aromatic heterocycles. The van der Waals surface area contributed by atoms with Crippen molar-refractivity contribution in [2.75, 3.05) is 66.9 Å². The molecule has 0 aliphatic carbocycles. The summed E-state index contributed by atoms with van der Waals surface area (Å²) in [6, 6.07) is 11.2. The number of urea groups is 1. The number of Topliss-reactive ketones (excluding diaryl/α,β-unsaturated/α-hetero) is 2. The van der Waals surface area contributed by atoms with Gasteiger partial charge in [-0.3, -0.25) is 62.5 Å². The number of hydrogen-bond acceptors (Lipinski definition) is 18. The average Bonchev–Trinajstić information content (AvgIpc) is 1.79. The van der Waals surface area contributed by atoms with E-state index in [1.165, 1.54) is 26.4 Å². The number of anilines is 1. The summed E-state index contributed by atoms with van der Waals surface area (Å²) >= 11 is 0. The van der Waals surface area contributed by atoms with E-state index in [1.807, 2.05) is 90.9 Å². The number of primary amides is 1. The van der Waals surface area contributed by atoms with Gasteiger partial charge in [-0.1, -0.05) is 118 Å². The Morgan fingerprint density at radius 3 is 1.94 bits per heavy atom. The number of hydrogen-bond donors (Lipinski definition) is 9. The van der Waals surface area contributed by atoms with Gasteiger partial charge in [-0.15, -0.1) is 0 Å². The Labute approximate surface area is 619 Å². The molecule has 11 amide bonds. The maximum atomic E-state index is 14.7. The SMILES string of the molecule is CC[C@H](C)[C@@H]([C@@H](CC(=O)N1CCC[C@H]1[C@H](OC)[C@@H](C)C(=O)NC(Cc1ccccc1)C(=O)CCCc1ccc(NC(=O)[C@@H](CCCNC(N)=O)CC(=O)C(NC(=O)C2O[C@H](CNC(=O)CCCCCN3C(=O)C=CC3=O)C(O)C2O)C(C)C)cc1)OC)N(C)C(=O)C(NC(=O)[C@H](C(C)C)N(C)C)C(C)C. The molecular weight excluding hydrogens is 1350 g/mol. The van der Waals surface area contributed by atoms with Crippen LogP contribution in [0, 0.1) is 35.5 Å². The highest BCUT2D eigenvalue weighted by atomic mass is 16.5. The largest absolute Gasteiger partial charge is 0.388 e. The van der Waals surface area contributed by atoms with Gasteiger partial charge in [0.05, 0.1) is 54.8 Å².